The lowest BCUT2D eigenvalue weighted by molar-refractivity contribution is 0.426. The molecular weight excluding hydrogens is 1190 g/mol. The highest BCUT2D eigenvalue weighted by Crippen LogP contribution is 2.38. The van der Waals surface area contributed by atoms with E-state index in [4.69, 9.17) is 8.83 Å². The average molecular weight is 1250 g/mol. The highest BCUT2D eigenvalue weighted by atomic mass is 79.9. The first kappa shape index (κ1) is 56.0. The Bertz CT molecular complexity index is 5600. The summed E-state index contributed by atoms with van der Waals surface area (Å²) in [5.41, 5.74) is 23.2. The van der Waals surface area contributed by atoms with Crippen molar-refractivity contribution < 1.29 is 18.9 Å². The van der Waals surface area contributed by atoms with E-state index < -0.39 is 7.12 Å². The van der Waals surface area contributed by atoms with Gasteiger partial charge in [0.1, 0.15) is 22.3 Å². The van der Waals surface area contributed by atoms with E-state index in [-0.39, 0.29) is 0 Å². The molecule has 8 heteroatoms. The first-order valence-electron chi connectivity index (χ1n) is 30.8. The fraction of sp³-hybridized carbons (Fsp3) is 0. The molecule has 0 saturated carbocycles. The highest BCUT2D eigenvalue weighted by molar-refractivity contribution is 9.10. The fourth-order valence-corrected chi connectivity index (χ4v) is 13.3. The van der Waals surface area contributed by atoms with Crippen molar-refractivity contribution in [3.63, 3.8) is 0 Å². The zero-order valence-electron chi connectivity index (χ0n) is 49.7. The van der Waals surface area contributed by atoms with Crippen LogP contribution in [0.5, 0.6) is 0 Å². The molecule has 4 heterocycles. The van der Waals surface area contributed by atoms with Crippen molar-refractivity contribution in [1.82, 2.24) is 9.13 Å². The average Bonchev–Trinajstić information content (AvgIpc) is 1.72. The second-order valence-corrected chi connectivity index (χ2v) is 24.0. The second kappa shape index (κ2) is 23.9. The van der Waals surface area contributed by atoms with Gasteiger partial charge in [-0.25, -0.2) is 0 Å². The summed E-state index contributed by atoms with van der Waals surface area (Å²) in [5, 5.41) is 28.1. The molecule has 436 valence electrons. The Morgan fingerprint density at radius 3 is 0.826 bits per heavy atom. The molecule has 0 bridgehead atoms. The summed E-state index contributed by atoms with van der Waals surface area (Å²) in [6.45, 7) is 0. The largest absolute Gasteiger partial charge is 0.488 e. The lowest BCUT2D eigenvalue weighted by Crippen LogP contribution is -2.29. The molecule has 18 aromatic rings. The summed E-state index contributed by atoms with van der Waals surface area (Å²) in [6.07, 6.45) is 0. The molecule has 18 rings (SSSR count). The first-order chi connectivity index (χ1) is 45.3. The van der Waals surface area contributed by atoms with Gasteiger partial charge in [0.2, 0.25) is 0 Å². The van der Waals surface area contributed by atoms with Crippen molar-refractivity contribution >= 4 is 116 Å². The Hall–Kier alpha value is -11.3. The van der Waals surface area contributed by atoms with Crippen LogP contribution in [0.4, 0.5) is 0 Å². The van der Waals surface area contributed by atoms with Crippen LogP contribution in [0.25, 0.3) is 154 Å². The summed E-state index contributed by atoms with van der Waals surface area (Å²) >= 11 is 3.49. The van der Waals surface area contributed by atoms with Gasteiger partial charge in [-0.15, -0.1) is 0 Å². The van der Waals surface area contributed by atoms with Gasteiger partial charge in [0.15, 0.2) is 0 Å². The number of furan rings is 2. The molecule has 0 aliphatic carbocycles. The van der Waals surface area contributed by atoms with Crippen molar-refractivity contribution in [2.24, 2.45) is 0 Å². The molecule has 4 aromatic heterocycles. The van der Waals surface area contributed by atoms with Crippen LogP contribution in [-0.4, -0.2) is 26.3 Å². The standard InChI is InChI=1S/C42H27NO.C24H15BrO.C18H14BNO2/c1-4-10-39-35(7-1)36-8-2-5-11-40(36)43(39)34-24-21-31(22-25-34)30-15-13-28(14-16-30)29-17-19-32(20-18-29)33-23-26-42-38(27-33)37-9-3-6-12-41(37)44-42;25-20-12-9-17(10-13-20)16-5-7-18(8-6-16)19-11-14-24-22(15-19)21-3-1-2-4-23(21)26-24;21-19(22)13-9-11-14(12-10-13)20-17-7-3-1-5-15(17)16-6-2-4-8-18(16)20/h1-27H;1-15H;1-12,21-22H. The van der Waals surface area contributed by atoms with E-state index in [1.54, 1.807) is 12.1 Å². The van der Waals surface area contributed by atoms with Crippen LogP contribution >= 0.6 is 15.9 Å². The van der Waals surface area contributed by atoms with E-state index in [1.807, 2.05) is 60.7 Å². The molecule has 2 N–H and O–H groups in total. The van der Waals surface area contributed by atoms with E-state index in [0.717, 1.165) is 65.1 Å². The van der Waals surface area contributed by atoms with Gasteiger partial charge in [0.05, 0.1) is 22.1 Å². The Kier molecular flexibility index (Phi) is 14.6. The Balaban J connectivity index is 0.000000119. The van der Waals surface area contributed by atoms with Crippen LogP contribution in [0, 0.1) is 0 Å². The third-order valence-electron chi connectivity index (χ3n) is 17.7. The monoisotopic (exact) mass is 1250 g/mol. The summed E-state index contributed by atoms with van der Waals surface area (Å²) in [4.78, 5) is 0. The van der Waals surface area contributed by atoms with Crippen molar-refractivity contribution in [1.29, 1.82) is 0 Å². The van der Waals surface area contributed by atoms with E-state index in [2.05, 4.69) is 280 Å². The summed E-state index contributed by atoms with van der Waals surface area (Å²) in [5.74, 6) is 0. The lowest BCUT2D eigenvalue weighted by Gasteiger charge is -2.10. The van der Waals surface area contributed by atoms with E-state index in [1.165, 1.54) is 93.9 Å². The molecule has 0 unspecified atom stereocenters. The van der Waals surface area contributed by atoms with Crippen LogP contribution < -0.4 is 5.46 Å². The zero-order valence-corrected chi connectivity index (χ0v) is 51.3. The molecule has 14 aromatic carbocycles. The fourth-order valence-electron chi connectivity index (χ4n) is 13.0. The molecular formula is C84H56BBrN2O4. The number of rotatable bonds is 8. The number of hydrogen-bond donors (Lipinski definition) is 2. The third kappa shape index (κ3) is 10.5. The quantitative estimate of drug-likeness (QED) is 0.149. The molecule has 0 atom stereocenters. The van der Waals surface area contributed by atoms with Crippen molar-refractivity contribution in [2.75, 3.05) is 0 Å². The molecule has 0 saturated heterocycles. The number of nitrogens with zero attached hydrogens (tertiary/aromatic N) is 2. The first-order valence-corrected chi connectivity index (χ1v) is 31.6. The molecule has 0 radical (unpaired) electrons. The van der Waals surface area contributed by atoms with Crippen molar-refractivity contribution in [3.8, 4) is 67.0 Å². The van der Waals surface area contributed by atoms with Crippen LogP contribution in [0.1, 0.15) is 0 Å². The predicted molar refractivity (Wildman–Crippen MR) is 387 cm³/mol. The highest BCUT2D eigenvalue weighted by Gasteiger charge is 2.16. The maximum atomic E-state index is 9.24. The van der Waals surface area contributed by atoms with Gasteiger partial charge in [0, 0.05) is 58.9 Å². The van der Waals surface area contributed by atoms with Crippen LogP contribution in [-0.2, 0) is 0 Å². The Labute approximate surface area is 539 Å². The van der Waals surface area contributed by atoms with Crippen LogP contribution in [0.3, 0.4) is 0 Å². The van der Waals surface area contributed by atoms with Gasteiger partial charge in [-0.3, -0.25) is 0 Å². The Morgan fingerprint density at radius 1 is 0.239 bits per heavy atom. The van der Waals surface area contributed by atoms with E-state index >= 15 is 0 Å². The summed E-state index contributed by atoms with van der Waals surface area (Å²) in [6, 6.07) is 114. The number of halogens is 1. The van der Waals surface area contributed by atoms with E-state index in [9.17, 15) is 10.0 Å². The van der Waals surface area contributed by atoms with Gasteiger partial charge < -0.3 is 28.0 Å². The lowest BCUT2D eigenvalue weighted by atomic mass is 9.80. The van der Waals surface area contributed by atoms with Crippen molar-refractivity contribution in [3.05, 3.63) is 332 Å². The third-order valence-corrected chi connectivity index (χ3v) is 18.2. The normalized spacial score (nSPS) is 11.4. The number of hydrogen-bond acceptors (Lipinski definition) is 4. The minimum Gasteiger partial charge on any atom is -0.456 e. The molecule has 6 nitrogen and oxygen atoms in total. The van der Waals surface area contributed by atoms with Gasteiger partial charge in [-0.05, 0) is 158 Å². The number of aromatic nitrogens is 2. The van der Waals surface area contributed by atoms with Crippen molar-refractivity contribution in [2.45, 2.75) is 0 Å². The number of fused-ring (bicyclic) bond motifs is 12. The minimum absolute atomic E-state index is 0.490. The molecule has 0 fully saturated rings. The molecule has 92 heavy (non-hydrogen) atoms. The summed E-state index contributed by atoms with van der Waals surface area (Å²) < 4.78 is 17.6. The topological polar surface area (TPSA) is 76.6 Å². The minimum atomic E-state index is -1.44. The number of benzene rings is 14. The smallest absolute Gasteiger partial charge is 0.456 e. The second-order valence-electron chi connectivity index (χ2n) is 23.1. The zero-order chi connectivity index (χ0) is 61.7. The SMILES string of the molecule is Brc1ccc(-c2ccc(-c3ccc4oc5ccccc5c4c3)cc2)cc1.OB(O)c1ccc(-n2c3ccccc3c3ccccc32)cc1.c1ccc2c(c1)oc1ccc(-c3ccc(-c4ccc(-c5ccc(-n6c7ccccc7c7ccccc76)cc5)cc4)cc3)cc12. The summed E-state index contributed by atoms with van der Waals surface area (Å²) in [7, 11) is -1.44. The van der Waals surface area contributed by atoms with Gasteiger partial charge in [-0.1, -0.05) is 246 Å². The maximum absolute atomic E-state index is 9.24. The van der Waals surface area contributed by atoms with Gasteiger partial charge in [-0.2, -0.15) is 0 Å². The van der Waals surface area contributed by atoms with E-state index in [0.29, 0.717) is 5.46 Å². The Morgan fingerprint density at radius 2 is 0.489 bits per heavy atom. The maximum Gasteiger partial charge on any atom is 0.488 e. The molecule has 0 aliphatic rings. The molecule has 0 aliphatic heterocycles. The number of para-hydroxylation sites is 6. The predicted octanol–water partition coefficient (Wildman–Crippen LogP) is 21.8. The van der Waals surface area contributed by atoms with Gasteiger partial charge in [0.25, 0.3) is 0 Å². The molecule has 0 spiro atoms. The van der Waals surface area contributed by atoms with Crippen LogP contribution in [0.2, 0.25) is 0 Å². The molecule has 0 amide bonds. The van der Waals surface area contributed by atoms with Gasteiger partial charge >= 0.3 is 7.12 Å². The van der Waals surface area contributed by atoms with Crippen LogP contribution in [0.15, 0.2) is 341 Å².